The third kappa shape index (κ3) is 3.14. The number of sulfonamides is 1. The van der Waals surface area contributed by atoms with Gasteiger partial charge in [0, 0.05) is 16.9 Å². The molecule has 0 aromatic carbocycles. The Morgan fingerprint density at radius 3 is 2.79 bits per heavy atom. The van der Waals surface area contributed by atoms with Crippen molar-refractivity contribution in [1.82, 2.24) is 9.97 Å². The Hall–Kier alpha value is -1.38. The fourth-order valence-electron chi connectivity index (χ4n) is 1.29. The van der Waals surface area contributed by atoms with Crippen LogP contribution in [0.3, 0.4) is 0 Å². The van der Waals surface area contributed by atoms with E-state index in [1.54, 1.807) is 6.07 Å². The largest absolute Gasteiger partial charge is 0.383 e. The number of nitrogens with one attached hydrogen (secondary N) is 1. The summed E-state index contributed by atoms with van der Waals surface area (Å²) in [6.07, 6.45) is 2.83. The molecule has 2 aromatic rings. The molecule has 0 radical (unpaired) electrons. The lowest BCUT2D eigenvalue weighted by Gasteiger charge is -2.10. The van der Waals surface area contributed by atoms with Gasteiger partial charge in [-0.3, -0.25) is 4.72 Å². The Bertz CT molecular complexity index is 723. The van der Waals surface area contributed by atoms with E-state index in [9.17, 15) is 8.42 Å². The molecule has 2 aromatic heterocycles. The normalized spacial score (nSPS) is 11.3. The van der Waals surface area contributed by atoms with Crippen LogP contribution in [-0.4, -0.2) is 18.4 Å². The molecule has 0 spiro atoms. The zero-order valence-electron chi connectivity index (χ0n) is 9.34. The minimum absolute atomic E-state index is 0.0311. The fourth-order valence-corrected chi connectivity index (χ4v) is 3.13. The van der Waals surface area contributed by atoms with Gasteiger partial charge in [0.15, 0.2) is 5.82 Å². The Morgan fingerprint density at radius 1 is 1.37 bits per heavy atom. The number of nitrogen functional groups attached to an aromatic ring is 1. The molecule has 0 atom stereocenters. The number of nitrogens with zero attached hydrogens (tertiary/aromatic N) is 2. The molecule has 0 fully saturated rings. The molecule has 0 unspecified atom stereocenters. The molecule has 19 heavy (non-hydrogen) atoms. The van der Waals surface area contributed by atoms with Crippen LogP contribution >= 0.6 is 27.5 Å². The smallest absolute Gasteiger partial charge is 0.266 e. The molecule has 2 heterocycles. The molecule has 0 saturated heterocycles. The lowest BCUT2D eigenvalue weighted by Crippen LogP contribution is -2.16. The maximum Gasteiger partial charge on any atom is 0.266 e. The molecule has 2 rings (SSSR count). The SMILES string of the molecule is Nc1ncc(Br)cc1S(=O)(=O)Nc1ncccc1Cl. The zero-order valence-corrected chi connectivity index (χ0v) is 12.5. The molecule has 0 aliphatic carbocycles. The molecule has 0 aliphatic rings. The van der Waals surface area contributed by atoms with Crippen LogP contribution in [0.25, 0.3) is 0 Å². The highest BCUT2D eigenvalue weighted by molar-refractivity contribution is 9.10. The van der Waals surface area contributed by atoms with Gasteiger partial charge in [0.2, 0.25) is 0 Å². The summed E-state index contributed by atoms with van der Waals surface area (Å²) >= 11 is 8.98. The number of anilines is 2. The van der Waals surface area contributed by atoms with Crippen LogP contribution in [0.1, 0.15) is 0 Å². The van der Waals surface area contributed by atoms with Crippen LogP contribution in [0.15, 0.2) is 40.0 Å². The Balaban J connectivity index is 2.44. The van der Waals surface area contributed by atoms with Crippen molar-refractivity contribution < 1.29 is 8.42 Å². The summed E-state index contributed by atoms with van der Waals surface area (Å²) in [7, 11) is -3.90. The van der Waals surface area contributed by atoms with Gasteiger partial charge in [-0.1, -0.05) is 11.6 Å². The molecular formula is C10H8BrClN4O2S. The van der Waals surface area contributed by atoms with E-state index in [1.165, 1.54) is 24.5 Å². The highest BCUT2D eigenvalue weighted by atomic mass is 79.9. The first-order valence-electron chi connectivity index (χ1n) is 4.94. The fraction of sp³-hybridized carbons (Fsp3) is 0. The molecule has 9 heteroatoms. The lowest BCUT2D eigenvalue weighted by molar-refractivity contribution is 0.601. The number of hydrogen-bond acceptors (Lipinski definition) is 5. The second-order valence-corrected chi connectivity index (χ2v) is 6.45. The maximum atomic E-state index is 12.2. The van der Waals surface area contributed by atoms with E-state index < -0.39 is 10.0 Å². The van der Waals surface area contributed by atoms with Gasteiger partial charge in [-0.2, -0.15) is 0 Å². The van der Waals surface area contributed by atoms with E-state index in [0.717, 1.165) is 0 Å². The standard InChI is InChI=1S/C10H8BrClN4O2S/c11-6-4-8(9(13)15-5-6)19(17,18)16-10-7(12)2-1-3-14-10/h1-5H,(H2,13,15)(H,14,16). The minimum Gasteiger partial charge on any atom is -0.383 e. The van der Waals surface area contributed by atoms with Crippen LogP contribution in [0.2, 0.25) is 5.02 Å². The Morgan fingerprint density at radius 2 is 2.11 bits per heavy atom. The number of aromatic nitrogens is 2. The van der Waals surface area contributed by atoms with Crippen molar-refractivity contribution in [1.29, 1.82) is 0 Å². The number of halogens is 2. The average Bonchev–Trinajstić information content (AvgIpc) is 2.35. The monoisotopic (exact) mass is 362 g/mol. The first-order valence-corrected chi connectivity index (χ1v) is 7.60. The third-order valence-corrected chi connectivity index (χ3v) is 4.23. The summed E-state index contributed by atoms with van der Waals surface area (Å²) < 4.78 is 27.1. The van der Waals surface area contributed by atoms with Crippen molar-refractivity contribution in [3.8, 4) is 0 Å². The van der Waals surface area contributed by atoms with Crippen molar-refractivity contribution in [2.24, 2.45) is 0 Å². The average molecular weight is 364 g/mol. The van der Waals surface area contributed by atoms with E-state index in [4.69, 9.17) is 17.3 Å². The Labute approximate surface area is 123 Å². The summed E-state index contributed by atoms with van der Waals surface area (Å²) in [6.45, 7) is 0. The molecule has 0 bridgehead atoms. The maximum absolute atomic E-state index is 12.2. The van der Waals surface area contributed by atoms with Gasteiger partial charge in [-0.25, -0.2) is 18.4 Å². The van der Waals surface area contributed by atoms with Gasteiger partial charge in [0.25, 0.3) is 10.0 Å². The van der Waals surface area contributed by atoms with Crippen molar-refractivity contribution >= 4 is 49.2 Å². The predicted octanol–water partition coefficient (Wildman–Crippen LogP) is 2.28. The number of pyridine rings is 2. The quantitative estimate of drug-likeness (QED) is 0.871. The summed E-state index contributed by atoms with van der Waals surface area (Å²) in [5.74, 6) is -0.0775. The van der Waals surface area contributed by atoms with Crippen molar-refractivity contribution in [2.75, 3.05) is 10.5 Å². The van der Waals surface area contributed by atoms with E-state index in [2.05, 4.69) is 30.6 Å². The van der Waals surface area contributed by atoms with Gasteiger partial charge in [-0.05, 0) is 34.1 Å². The van der Waals surface area contributed by atoms with E-state index in [-0.39, 0.29) is 21.6 Å². The summed E-state index contributed by atoms with van der Waals surface area (Å²) in [4.78, 5) is 7.46. The van der Waals surface area contributed by atoms with Crippen molar-refractivity contribution in [3.05, 3.63) is 40.1 Å². The van der Waals surface area contributed by atoms with E-state index >= 15 is 0 Å². The summed E-state index contributed by atoms with van der Waals surface area (Å²) in [5, 5.41) is 0.188. The van der Waals surface area contributed by atoms with Gasteiger partial charge in [0.05, 0.1) is 5.02 Å². The van der Waals surface area contributed by atoms with Gasteiger partial charge in [-0.15, -0.1) is 0 Å². The third-order valence-electron chi connectivity index (χ3n) is 2.13. The molecule has 6 nitrogen and oxygen atoms in total. The summed E-state index contributed by atoms with van der Waals surface area (Å²) in [5.41, 5.74) is 5.56. The van der Waals surface area contributed by atoms with E-state index in [0.29, 0.717) is 4.47 Å². The molecule has 0 aliphatic heterocycles. The minimum atomic E-state index is -3.90. The second-order valence-electron chi connectivity index (χ2n) is 3.48. The molecule has 100 valence electrons. The molecule has 3 N–H and O–H groups in total. The number of nitrogens with two attached hydrogens (primary N) is 1. The predicted molar refractivity (Wildman–Crippen MR) is 76.4 cm³/mol. The zero-order chi connectivity index (χ0) is 14.0. The van der Waals surface area contributed by atoms with Crippen LogP contribution in [0.5, 0.6) is 0 Å². The van der Waals surface area contributed by atoms with Crippen LogP contribution < -0.4 is 10.5 Å². The van der Waals surface area contributed by atoms with Gasteiger partial charge < -0.3 is 5.73 Å². The topological polar surface area (TPSA) is 98.0 Å². The molecular weight excluding hydrogens is 356 g/mol. The second kappa shape index (κ2) is 5.32. The van der Waals surface area contributed by atoms with E-state index in [1.807, 2.05) is 0 Å². The van der Waals surface area contributed by atoms with Crippen molar-refractivity contribution in [2.45, 2.75) is 4.90 Å². The molecule has 0 saturated carbocycles. The van der Waals surface area contributed by atoms with Crippen LogP contribution in [0.4, 0.5) is 11.6 Å². The Kier molecular flexibility index (Phi) is 3.93. The van der Waals surface area contributed by atoms with Crippen molar-refractivity contribution in [3.63, 3.8) is 0 Å². The molecule has 0 amide bonds. The lowest BCUT2D eigenvalue weighted by atomic mass is 10.5. The number of hydrogen-bond donors (Lipinski definition) is 2. The van der Waals surface area contributed by atoms with Crippen LogP contribution in [0, 0.1) is 0 Å². The summed E-state index contributed by atoms with van der Waals surface area (Å²) in [6, 6.07) is 4.46. The highest BCUT2D eigenvalue weighted by Crippen LogP contribution is 2.25. The van der Waals surface area contributed by atoms with Gasteiger partial charge >= 0.3 is 0 Å². The highest BCUT2D eigenvalue weighted by Gasteiger charge is 2.20. The van der Waals surface area contributed by atoms with Gasteiger partial charge in [0.1, 0.15) is 10.7 Å². The first kappa shape index (κ1) is 14.0. The first-order chi connectivity index (χ1) is 8.90. The number of rotatable bonds is 3. The van der Waals surface area contributed by atoms with Crippen LogP contribution in [-0.2, 0) is 10.0 Å².